The second-order valence-corrected chi connectivity index (χ2v) is 8.08. The fourth-order valence-corrected chi connectivity index (χ4v) is 3.83. The number of nitrogens with zero attached hydrogens (tertiary/aromatic N) is 3. The number of aliphatic imine (C=N–C) groups is 1. The number of nitrogens with one attached hydrogen (secondary N) is 1. The molecule has 0 saturated carbocycles. The predicted octanol–water partition coefficient (Wildman–Crippen LogP) is 3.56. The molecule has 2 aromatic heterocycles. The number of likely N-dealkylation sites (N-methyl/N-ethyl adjacent to an activating group) is 1. The third kappa shape index (κ3) is 4.70. The molecule has 0 radical (unpaired) electrons. The molecule has 31 heavy (non-hydrogen) atoms. The van der Waals surface area contributed by atoms with E-state index in [1.807, 2.05) is 31.1 Å². The van der Waals surface area contributed by atoms with Crippen LogP contribution >= 0.6 is 0 Å². The van der Waals surface area contributed by atoms with Crippen LogP contribution in [0.2, 0.25) is 0 Å². The maximum Gasteiger partial charge on any atom is 0.345 e. The highest BCUT2D eigenvalue weighted by Crippen LogP contribution is 2.39. The van der Waals surface area contributed by atoms with Gasteiger partial charge in [-0.3, -0.25) is 0 Å². The first-order chi connectivity index (χ1) is 15.0. The molecular weight excluding hydrogens is 396 g/mol. The van der Waals surface area contributed by atoms with Crippen LogP contribution in [0, 0.1) is 0 Å². The summed E-state index contributed by atoms with van der Waals surface area (Å²) in [6, 6.07) is 3.59. The molecule has 2 aliphatic heterocycles. The van der Waals surface area contributed by atoms with Gasteiger partial charge in [0.25, 0.3) is 0 Å². The summed E-state index contributed by atoms with van der Waals surface area (Å²) in [7, 11) is 3.81. The van der Waals surface area contributed by atoms with Crippen molar-refractivity contribution in [3.63, 3.8) is 0 Å². The molecule has 164 valence electrons. The third-order valence-electron chi connectivity index (χ3n) is 5.50. The Morgan fingerprint density at radius 2 is 2.26 bits per heavy atom. The lowest BCUT2D eigenvalue weighted by atomic mass is 10.0. The Labute approximate surface area is 181 Å². The van der Waals surface area contributed by atoms with E-state index in [1.165, 1.54) is 0 Å². The van der Waals surface area contributed by atoms with Crippen LogP contribution in [0.1, 0.15) is 59.2 Å². The average Bonchev–Trinajstić information content (AvgIpc) is 3.17. The summed E-state index contributed by atoms with van der Waals surface area (Å²) >= 11 is 0. The van der Waals surface area contributed by atoms with Gasteiger partial charge in [-0.05, 0) is 51.7 Å². The van der Waals surface area contributed by atoms with Crippen molar-refractivity contribution in [1.29, 1.82) is 0 Å². The van der Waals surface area contributed by atoms with Crippen LogP contribution < -0.4 is 5.32 Å². The highest BCUT2D eigenvalue weighted by molar-refractivity contribution is 6.21. The summed E-state index contributed by atoms with van der Waals surface area (Å²) in [5.74, 6) is 0.500. The van der Waals surface area contributed by atoms with Gasteiger partial charge in [0.05, 0.1) is 6.04 Å². The van der Waals surface area contributed by atoms with Gasteiger partial charge < -0.3 is 24.5 Å². The lowest BCUT2D eigenvalue weighted by Gasteiger charge is -2.15. The van der Waals surface area contributed by atoms with Crippen LogP contribution in [-0.4, -0.2) is 61.0 Å². The van der Waals surface area contributed by atoms with Crippen LogP contribution in [0.3, 0.4) is 0 Å². The Bertz CT molecular complexity index is 1000. The van der Waals surface area contributed by atoms with Gasteiger partial charge in [-0.2, -0.15) is 0 Å². The fraction of sp³-hybridized carbons (Fsp3) is 0.435. The van der Waals surface area contributed by atoms with E-state index in [2.05, 4.69) is 15.3 Å². The lowest BCUT2D eigenvalue weighted by Crippen LogP contribution is -2.23. The summed E-state index contributed by atoms with van der Waals surface area (Å²) in [6.07, 6.45) is 9.10. The van der Waals surface area contributed by atoms with E-state index in [9.17, 15) is 9.90 Å². The van der Waals surface area contributed by atoms with E-state index in [-0.39, 0.29) is 29.7 Å². The summed E-state index contributed by atoms with van der Waals surface area (Å²) in [6.45, 7) is 1.66. The van der Waals surface area contributed by atoms with E-state index in [4.69, 9.17) is 9.15 Å². The van der Waals surface area contributed by atoms with Gasteiger partial charge in [-0.25, -0.2) is 14.8 Å². The van der Waals surface area contributed by atoms with Crippen molar-refractivity contribution in [3.8, 4) is 5.75 Å². The SMILES string of the molecule is CN(C)CCOC(=O)c1c(C2CCCCCN2)oc(C=C2C=Nc3ncccc32)c1O. The van der Waals surface area contributed by atoms with Crippen molar-refractivity contribution < 1.29 is 19.1 Å². The number of allylic oxidation sites excluding steroid dienone is 1. The van der Waals surface area contributed by atoms with E-state index >= 15 is 0 Å². The van der Waals surface area contributed by atoms with Gasteiger partial charge in [-0.15, -0.1) is 0 Å². The molecule has 1 atom stereocenters. The van der Waals surface area contributed by atoms with E-state index in [0.717, 1.165) is 43.4 Å². The van der Waals surface area contributed by atoms with Gasteiger partial charge in [0.1, 0.15) is 17.9 Å². The minimum absolute atomic E-state index is 0.103. The maximum absolute atomic E-state index is 12.9. The minimum atomic E-state index is -0.573. The number of aromatic nitrogens is 1. The largest absolute Gasteiger partial charge is 0.504 e. The van der Waals surface area contributed by atoms with Crippen molar-refractivity contribution in [3.05, 3.63) is 41.0 Å². The van der Waals surface area contributed by atoms with Gasteiger partial charge in [-0.1, -0.05) is 12.8 Å². The molecule has 0 aliphatic carbocycles. The summed E-state index contributed by atoms with van der Waals surface area (Å²) in [5.41, 5.74) is 1.72. The van der Waals surface area contributed by atoms with Crippen molar-refractivity contribution in [1.82, 2.24) is 15.2 Å². The first-order valence-corrected chi connectivity index (χ1v) is 10.7. The van der Waals surface area contributed by atoms with Gasteiger partial charge in [0.15, 0.2) is 17.3 Å². The van der Waals surface area contributed by atoms with Crippen LogP contribution in [0.4, 0.5) is 5.82 Å². The number of rotatable bonds is 6. The van der Waals surface area contributed by atoms with Gasteiger partial charge in [0.2, 0.25) is 0 Å². The predicted molar refractivity (Wildman–Crippen MR) is 119 cm³/mol. The molecule has 2 aliphatic rings. The van der Waals surface area contributed by atoms with Gasteiger partial charge in [0, 0.05) is 30.1 Å². The minimum Gasteiger partial charge on any atom is -0.504 e. The number of carbonyl (C=O) groups excluding carboxylic acids is 1. The highest BCUT2D eigenvalue weighted by atomic mass is 16.5. The standard InChI is InChI=1S/C23H28N4O4/c1-27(2)11-12-30-23(29)19-20(28)18(31-21(19)17-8-4-3-5-9-24-17)13-15-14-26-22-16(15)7-6-10-25-22/h6-7,10,13-14,17,24,28H,3-5,8-9,11-12H2,1-2H3. The fourth-order valence-electron chi connectivity index (χ4n) is 3.83. The van der Waals surface area contributed by atoms with E-state index < -0.39 is 5.97 Å². The topological polar surface area (TPSA) is 100 Å². The zero-order valence-electron chi connectivity index (χ0n) is 17.9. The molecule has 0 aromatic carbocycles. The van der Waals surface area contributed by atoms with Crippen LogP contribution in [0.15, 0.2) is 27.7 Å². The molecule has 8 nitrogen and oxygen atoms in total. The summed E-state index contributed by atoms with van der Waals surface area (Å²) < 4.78 is 11.5. The molecule has 1 unspecified atom stereocenters. The monoisotopic (exact) mass is 424 g/mol. The lowest BCUT2D eigenvalue weighted by molar-refractivity contribution is 0.0475. The number of furan rings is 1. The van der Waals surface area contributed by atoms with E-state index in [0.29, 0.717) is 18.1 Å². The average molecular weight is 425 g/mol. The Hall–Kier alpha value is -2.97. The normalized spacial score (nSPS) is 19.6. The Morgan fingerprint density at radius 3 is 3.10 bits per heavy atom. The molecule has 8 heteroatoms. The van der Waals surface area contributed by atoms with Crippen molar-refractivity contribution in [2.75, 3.05) is 33.8 Å². The number of carbonyl (C=O) groups is 1. The molecule has 4 rings (SSSR count). The zero-order chi connectivity index (χ0) is 21.8. The molecule has 2 N–H and O–H groups in total. The molecule has 0 bridgehead atoms. The quantitative estimate of drug-likeness (QED) is 0.684. The van der Waals surface area contributed by atoms with Crippen LogP contribution in [0.5, 0.6) is 5.75 Å². The van der Waals surface area contributed by atoms with Crippen molar-refractivity contribution >= 4 is 29.7 Å². The molecular formula is C23H28N4O4. The maximum atomic E-state index is 12.9. The number of ether oxygens (including phenoxy) is 1. The Kier molecular flexibility index (Phi) is 6.48. The number of pyridine rings is 1. The van der Waals surface area contributed by atoms with Crippen LogP contribution in [-0.2, 0) is 4.74 Å². The first kappa shape index (κ1) is 21.3. The zero-order valence-corrected chi connectivity index (χ0v) is 17.9. The Balaban J connectivity index is 1.69. The number of fused-ring (bicyclic) bond motifs is 1. The third-order valence-corrected chi connectivity index (χ3v) is 5.50. The molecule has 1 saturated heterocycles. The number of esters is 1. The number of aromatic hydroxyl groups is 1. The summed E-state index contributed by atoms with van der Waals surface area (Å²) in [5, 5.41) is 14.4. The highest BCUT2D eigenvalue weighted by Gasteiger charge is 2.31. The van der Waals surface area contributed by atoms with Crippen molar-refractivity contribution in [2.24, 2.45) is 4.99 Å². The second kappa shape index (κ2) is 9.45. The molecule has 0 amide bonds. The molecule has 0 spiro atoms. The first-order valence-electron chi connectivity index (χ1n) is 10.7. The van der Waals surface area contributed by atoms with E-state index in [1.54, 1.807) is 18.5 Å². The van der Waals surface area contributed by atoms with Gasteiger partial charge >= 0.3 is 5.97 Å². The van der Waals surface area contributed by atoms with Crippen LogP contribution in [0.25, 0.3) is 11.6 Å². The smallest absolute Gasteiger partial charge is 0.345 e. The van der Waals surface area contributed by atoms with Crippen molar-refractivity contribution in [2.45, 2.75) is 31.7 Å². The number of hydrogen-bond acceptors (Lipinski definition) is 8. The second-order valence-electron chi connectivity index (χ2n) is 8.08. The molecule has 1 fully saturated rings. The molecule has 4 heterocycles. The summed E-state index contributed by atoms with van der Waals surface area (Å²) in [4.78, 5) is 23.4. The number of hydrogen-bond donors (Lipinski definition) is 2. The molecule has 2 aromatic rings. The Morgan fingerprint density at radius 1 is 1.39 bits per heavy atom.